The smallest absolute Gasteiger partial charge is 0.115 e. The Bertz CT molecular complexity index is 437. The number of pyridine rings is 1. The molecule has 2 atom stereocenters. The predicted molar refractivity (Wildman–Crippen MR) is 53.3 cm³/mol. The first-order chi connectivity index (χ1) is 6.86. The molecule has 1 aromatic rings. The lowest BCUT2D eigenvalue weighted by Crippen LogP contribution is -2.16. The van der Waals surface area contributed by atoms with E-state index in [1.165, 1.54) is 5.56 Å². The molecule has 0 aromatic carbocycles. The monoisotopic (exact) mass is 186 g/mol. The van der Waals surface area contributed by atoms with E-state index in [1.54, 1.807) is 12.3 Å². The third kappa shape index (κ3) is 0.960. The summed E-state index contributed by atoms with van der Waals surface area (Å²) >= 11 is 0. The van der Waals surface area contributed by atoms with Crippen LogP contribution >= 0.6 is 0 Å². The van der Waals surface area contributed by atoms with Crippen molar-refractivity contribution >= 4 is 6.21 Å². The minimum absolute atomic E-state index is 0.0749. The Balaban J connectivity index is 2.27. The van der Waals surface area contributed by atoms with Crippen LogP contribution in [0.1, 0.15) is 29.0 Å². The maximum Gasteiger partial charge on any atom is 0.115 e. The highest BCUT2D eigenvalue weighted by atomic mass is 16.3. The fourth-order valence-electron chi connectivity index (χ4n) is 2.07. The lowest BCUT2D eigenvalue weighted by molar-refractivity contribution is 0.218. The fraction of sp³-hybridized carbons (Fsp3) is 0.273. The molecule has 70 valence electrons. The Hall–Kier alpha value is -1.48. The van der Waals surface area contributed by atoms with Crippen molar-refractivity contribution in [1.29, 1.82) is 0 Å². The summed E-state index contributed by atoms with van der Waals surface area (Å²) in [5.41, 5.74) is 3.11. The molecule has 3 rings (SSSR count). The number of aromatic nitrogens is 1. The van der Waals surface area contributed by atoms with Crippen LogP contribution in [0.15, 0.2) is 29.4 Å². The molecule has 1 aliphatic carbocycles. The molecule has 0 fully saturated rings. The molecule has 0 saturated heterocycles. The van der Waals surface area contributed by atoms with Crippen molar-refractivity contribution in [2.45, 2.75) is 18.6 Å². The Morgan fingerprint density at radius 3 is 3.21 bits per heavy atom. The number of hydrogen-bond acceptors (Lipinski definition) is 3. The van der Waals surface area contributed by atoms with E-state index >= 15 is 0 Å². The summed E-state index contributed by atoms with van der Waals surface area (Å²) < 4.78 is 0. The third-order valence-corrected chi connectivity index (χ3v) is 2.74. The zero-order valence-corrected chi connectivity index (χ0v) is 7.59. The Morgan fingerprint density at radius 2 is 2.29 bits per heavy atom. The van der Waals surface area contributed by atoms with Gasteiger partial charge in [-0.2, -0.15) is 0 Å². The van der Waals surface area contributed by atoms with Gasteiger partial charge in [-0.05, 0) is 11.6 Å². The van der Waals surface area contributed by atoms with E-state index in [1.807, 2.05) is 18.4 Å². The standard InChI is InChI=1S/C11H10N2O/c14-9-2-1-8-10-7(3-5-12-8)4-6-13-11(9)10/h1-2,4-6,8-9,14H,3H2. The van der Waals surface area contributed by atoms with Crippen molar-refractivity contribution in [3.63, 3.8) is 0 Å². The second kappa shape index (κ2) is 2.75. The molecule has 1 N–H and O–H groups in total. The zero-order valence-electron chi connectivity index (χ0n) is 7.59. The van der Waals surface area contributed by atoms with E-state index in [0.717, 1.165) is 17.7 Å². The maximum absolute atomic E-state index is 9.72. The van der Waals surface area contributed by atoms with Crippen LogP contribution in [0.5, 0.6) is 0 Å². The fourth-order valence-corrected chi connectivity index (χ4v) is 2.07. The van der Waals surface area contributed by atoms with Crippen molar-refractivity contribution < 1.29 is 5.11 Å². The van der Waals surface area contributed by atoms with Gasteiger partial charge in [-0.15, -0.1) is 0 Å². The Labute approximate surface area is 81.8 Å². The lowest BCUT2D eigenvalue weighted by atomic mass is 9.89. The second-order valence-electron chi connectivity index (χ2n) is 3.58. The van der Waals surface area contributed by atoms with Gasteiger partial charge >= 0.3 is 0 Å². The number of rotatable bonds is 0. The zero-order chi connectivity index (χ0) is 9.54. The van der Waals surface area contributed by atoms with E-state index in [4.69, 9.17) is 0 Å². The van der Waals surface area contributed by atoms with Crippen molar-refractivity contribution in [2.24, 2.45) is 4.99 Å². The van der Waals surface area contributed by atoms with E-state index in [2.05, 4.69) is 9.98 Å². The molecule has 2 heterocycles. The molecule has 2 unspecified atom stereocenters. The van der Waals surface area contributed by atoms with Gasteiger partial charge in [-0.3, -0.25) is 9.98 Å². The molecular weight excluding hydrogens is 176 g/mol. The average Bonchev–Trinajstić information content (AvgIpc) is 2.24. The van der Waals surface area contributed by atoms with Gasteiger partial charge in [0.05, 0.1) is 11.7 Å². The van der Waals surface area contributed by atoms with Gasteiger partial charge in [-0.25, -0.2) is 0 Å². The van der Waals surface area contributed by atoms with Gasteiger partial charge in [-0.1, -0.05) is 12.2 Å². The Morgan fingerprint density at radius 1 is 1.36 bits per heavy atom. The van der Waals surface area contributed by atoms with Crippen LogP contribution in [-0.4, -0.2) is 16.3 Å². The van der Waals surface area contributed by atoms with Gasteiger partial charge in [0, 0.05) is 24.4 Å². The quantitative estimate of drug-likeness (QED) is 0.622. The van der Waals surface area contributed by atoms with Crippen LogP contribution in [0.3, 0.4) is 0 Å². The molecular formula is C11H10N2O. The summed E-state index contributed by atoms with van der Waals surface area (Å²) in [6.07, 6.45) is 7.67. The molecule has 2 aliphatic rings. The number of aliphatic hydroxyl groups is 1. The molecule has 0 saturated carbocycles. The van der Waals surface area contributed by atoms with Crippen LogP contribution in [0, 0.1) is 0 Å². The molecule has 14 heavy (non-hydrogen) atoms. The summed E-state index contributed by atoms with van der Waals surface area (Å²) in [6, 6.07) is 2.08. The molecule has 3 nitrogen and oxygen atoms in total. The van der Waals surface area contributed by atoms with Crippen LogP contribution in [0.25, 0.3) is 0 Å². The molecule has 0 radical (unpaired) electrons. The highest BCUT2D eigenvalue weighted by Crippen LogP contribution is 2.35. The SMILES string of the molecule is OC1C=CC2N=CCc3ccnc1c32. The molecule has 0 bridgehead atoms. The van der Waals surface area contributed by atoms with Crippen LogP contribution in [-0.2, 0) is 6.42 Å². The largest absolute Gasteiger partial charge is 0.383 e. The van der Waals surface area contributed by atoms with Crippen molar-refractivity contribution in [3.8, 4) is 0 Å². The highest BCUT2D eigenvalue weighted by molar-refractivity contribution is 5.67. The summed E-state index contributed by atoms with van der Waals surface area (Å²) in [5, 5.41) is 9.72. The van der Waals surface area contributed by atoms with E-state index < -0.39 is 6.10 Å². The molecule has 3 heteroatoms. The van der Waals surface area contributed by atoms with Gasteiger partial charge < -0.3 is 5.11 Å². The maximum atomic E-state index is 9.72. The number of aliphatic hydroxyl groups excluding tert-OH is 1. The lowest BCUT2D eigenvalue weighted by Gasteiger charge is -2.25. The topological polar surface area (TPSA) is 45.5 Å². The molecule has 1 aliphatic heterocycles. The van der Waals surface area contributed by atoms with E-state index in [-0.39, 0.29) is 6.04 Å². The second-order valence-corrected chi connectivity index (χ2v) is 3.58. The van der Waals surface area contributed by atoms with Crippen molar-refractivity contribution in [3.05, 3.63) is 41.2 Å². The van der Waals surface area contributed by atoms with Crippen molar-refractivity contribution in [1.82, 2.24) is 4.98 Å². The average molecular weight is 186 g/mol. The summed E-state index contributed by atoms with van der Waals surface area (Å²) in [6.45, 7) is 0. The Kier molecular flexibility index (Phi) is 1.55. The van der Waals surface area contributed by atoms with Crippen LogP contribution in [0.4, 0.5) is 0 Å². The van der Waals surface area contributed by atoms with Gasteiger partial charge in [0.2, 0.25) is 0 Å². The number of nitrogens with zero attached hydrogens (tertiary/aromatic N) is 2. The van der Waals surface area contributed by atoms with Crippen LogP contribution in [0.2, 0.25) is 0 Å². The molecule has 0 amide bonds. The van der Waals surface area contributed by atoms with Gasteiger partial charge in [0.15, 0.2) is 0 Å². The first-order valence-electron chi connectivity index (χ1n) is 4.72. The van der Waals surface area contributed by atoms with Gasteiger partial charge in [0.1, 0.15) is 6.10 Å². The normalized spacial score (nSPS) is 27.5. The summed E-state index contributed by atoms with van der Waals surface area (Å²) in [4.78, 5) is 8.59. The minimum Gasteiger partial charge on any atom is -0.383 e. The first kappa shape index (κ1) is 7.88. The van der Waals surface area contributed by atoms with E-state index in [9.17, 15) is 5.11 Å². The van der Waals surface area contributed by atoms with Crippen LogP contribution < -0.4 is 0 Å². The number of aliphatic imine (C=N–C) groups is 1. The summed E-state index contributed by atoms with van der Waals surface area (Å²) in [7, 11) is 0. The number of hydrogen-bond donors (Lipinski definition) is 1. The predicted octanol–water partition coefficient (Wildman–Crippen LogP) is 1.35. The van der Waals surface area contributed by atoms with E-state index in [0.29, 0.717) is 0 Å². The third-order valence-electron chi connectivity index (χ3n) is 2.74. The van der Waals surface area contributed by atoms with Gasteiger partial charge in [0.25, 0.3) is 0 Å². The molecule has 1 aromatic heterocycles. The minimum atomic E-state index is -0.561. The molecule has 0 spiro atoms. The summed E-state index contributed by atoms with van der Waals surface area (Å²) in [5.74, 6) is 0. The van der Waals surface area contributed by atoms with Crippen molar-refractivity contribution in [2.75, 3.05) is 0 Å². The first-order valence-corrected chi connectivity index (χ1v) is 4.72. The highest BCUT2D eigenvalue weighted by Gasteiger charge is 2.26.